The third-order valence-corrected chi connectivity index (χ3v) is 4.97. The van der Waals surface area contributed by atoms with Crippen molar-refractivity contribution in [2.24, 2.45) is 0 Å². The second-order valence-electron chi connectivity index (χ2n) is 4.67. The Labute approximate surface area is 117 Å². The van der Waals surface area contributed by atoms with Gasteiger partial charge in [-0.25, -0.2) is 4.39 Å². The molecule has 0 aliphatic carbocycles. The van der Waals surface area contributed by atoms with E-state index in [2.05, 4.69) is 5.32 Å². The van der Waals surface area contributed by atoms with Crippen LogP contribution in [0.4, 0.5) is 4.39 Å². The van der Waals surface area contributed by atoms with Gasteiger partial charge in [-0.15, -0.1) is 11.8 Å². The van der Waals surface area contributed by atoms with E-state index in [9.17, 15) is 9.18 Å². The van der Waals surface area contributed by atoms with Gasteiger partial charge < -0.3 is 10.2 Å². The Bertz CT molecular complexity index is 438. The van der Waals surface area contributed by atoms with Gasteiger partial charge in [-0.3, -0.25) is 4.79 Å². The van der Waals surface area contributed by atoms with E-state index in [0.29, 0.717) is 0 Å². The van der Waals surface area contributed by atoms with E-state index >= 15 is 0 Å². The fraction of sp³-hybridized carbons (Fsp3) is 0.500. The summed E-state index contributed by atoms with van der Waals surface area (Å²) in [5.74, 6) is -0.0257. The van der Waals surface area contributed by atoms with E-state index in [4.69, 9.17) is 0 Å². The van der Waals surface area contributed by atoms with Crippen molar-refractivity contribution in [1.82, 2.24) is 4.90 Å². The van der Waals surface area contributed by atoms with Gasteiger partial charge in [0, 0.05) is 0 Å². The average Bonchev–Trinajstić information content (AvgIpc) is 2.74. The number of hydrogen-bond donors (Lipinski definition) is 1. The molecule has 0 spiro atoms. The fourth-order valence-corrected chi connectivity index (χ4v) is 3.67. The van der Waals surface area contributed by atoms with E-state index in [1.54, 1.807) is 23.9 Å². The molecule has 1 saturated heterocycles. The molecule has 1 aromatic carbocycles. The molecule has 1 fully saturated rings. The van der Waals surface area contributed by atoms with Gasteiger partial charge in [-0.05, 0) is 24.1 Å². The lowest BCUT2D eigenvalue weighted by molar-refractivity contribution is -0.626. The second kappa shape index (κ2) is 6.39. The first-order chi connectivity index (χ1) is 9.17. The largest absolute Gasteiger partial charge is 0.347 e. The zero-order valence-corrected chi connectivity index (χ0v) is 12.1. The van der Waals surface area contributed by atoms with Crippen molar-refractivity contribution >= 4 is 17.7 Å². The zero-order chi connectivity index (χ0) is 13.8. The Morgan fingerprint density at radius 1 is 1.37 bits per heavy atom. The number of nitrogens with two attached hydrogens (primary N) is 1. The van der Waals surface area contributed by atoms with Gasteiger partial charge in [0.2, 0.25) is 5.91 Å². The molecule has 0 saturated carbocycles. The standard InChI is InChI=1S/C14H19FN2OS/c1-3-12-13(18)17(9-8-16-2)14(19-12)10-4-6-11(15)7-5-10/h4-7,12,14,16H,3,8-9H2,1-2H3/p+1/t12-,14-/m1/s1. The summed E-state index contributed by atoms with van der Waals surface area (Å²) in [5.41, 5.74) is 1.01. The molecule has 1 heterocycles. The number of carbonyl (C=O) groups excluding carboxylic acids is 1. The maximum Gasteiger partial charge on any atom is 0.237 e. The normalized spacial score (nSPS) is 23.1. The quantitative estimate of drug-likeness (QED) is 0.886. The van der Waals surface area contributed by atoms with E-state index in [0.717, 1.165) is 25.1 Å². The van der Waals surface area contributed by atoms with Crippen LogP contribution >= 0.6 is 11.8 Å². The zero-order valence-electron chi connectivity index (χ0n) is 11.3. The number of hydrogen-bond acceptors (Lipinski definition) is 2. The maximum atomic E-state index is 13.0. The highest BCUT2D eigenvalue weighted by atomic mass is 32.2. The van der Waals surface area contributed by atoms with Crippen LogP contribution in [-0.2, 0) is 4.79 Å². The Hall–Kier alpha value is -1.07. The Morgan fingerprint density at radius 3 is 2.63 bits per heavy atom. The van der Waals surface area contributed by atoms with Crippen molar-refractivity contribution < 1.29 is 14.5 Å². The first-order valence-corrected chi connectivity index (χ1v) is 7.61. The summed E-state index contributed by atoms with van der Waals surface area (Å²) >= 11 is 1.68. The first-order valence-electron chi connectivity index (χ1n) is 6.66. The molecule has 0 bridgehead atoms. The molecule has 0 radical (unpaired) electrons. The second-order valence-corrected chi connectivity index (χ2v) is 5.95. The van der Waals surface area contributed by atoms with E-state index < -0.39 is 0 Å². The van der Waals surface area contributed by atoms with Gasteiger partial charge in [0.15, 0.2) is 0 Å². The van der Waals surface area contributed by atoms with E-state index in [-0.39, 0.29) is 22.3 Å². The summed E-state index contributed by atoms with van der Waals surface area (Å²) in [6, 6.07) is 6.48. The maximum absolute atomic E-state index is 13.0. The number of rotatable bonds is 5. The molecule has 0 aromatic heterocycles. The van der Waals surface area contributed by atoms with Crippen molar-refractivity contribution in [2.75, 3.05) is 20.1 Å². The lowest BCUT2D eigenvalue weighted by Crippen LogP contribution is -2.81. The molecule has 2 N–H and O–H groups in total. The minimum atomic E-state index is -0.237. The molecular formula is C14H20FN2OS+. The third kappa shape index (κ3) is 3.09. The predicted molar refractivity (Wildman–Crippen MR) is 75.2 cm³/mol. The van der Waals surface area contributed by atoms with Gasteiger partial charge in [0.1, 0.15) is 11.2 Å². The number of halogens is 1. The first kappa shape index (κ1) is 14.3. The third-order valence-electron chi connectivity index (χ3n) is 3.32. The molecule has 2 rings (SSSR count). The summed E-state index contributed by atoms with van der Waals surface area (Å²) < 4.78 is 13.0. The molecule has 104 valence electrons. The molecule has 2 atom stereocenters. The van der Waals surface area contributed by atoms with Gasteiger partial charge in [0.25, 0.3) is 0 Å². The molecule has 3 nitrogen and oxygen atoms in total. The van der Waals surface area contributed by atoms with Crippen molar-refractivity contribution in [3.05, 3.63) is 35.6 Å². The van der Waals surface area contributed by atoms with Crippen LogP contribution in [-0.4, -0.2) is 36.2 Å². The van der Waals surface area contributed by atoms with E-state index in [1.807, 2.05) is 18.9 Å². The van der Waals surface area contributed by atoms with Crippen LogP contribution in [0.3, 0.4) is 0 Å². The smallest absolute Gasteiger partial charge is 0.237 e. The molecule has 1 aliphatic rings. The Kier molecular flexibility index (Phi) is 4.82. The van der Waals surface area contributed by atoms with Crippen molar-refractivity contribution in [3.63, 3.8) is 0 Å². The minimum absolute atomic E-state index is 0.0259. The SMILES string of the molecule is CC[C@H]1S[C@H](c2ccc(F)cc2)N(CC[NH2+]C)C1=O. The van der Waals surface area contributed by atoms with Gasteiger partial charge in [-0.2, -0.15) is 0 Å². The molecule has 1 aliphatic heterocycles. The van der Waals surface area contributed by atoms with Gasteiger partial charge >= 0.3 is 0 Å². The summed E-state index contributed by atoms with van der Waals surface area (Å²) in [5, 5.41) is 2.13. The summed E-state index contributed by atoms with van der Waals surface area (Å²) in [7, 11) is 2.00. The van der Waals surface area contributed by atoms with Gasteiger partial charge in [0.05, 0.1) is 25.4 Å². The van der Waals surface area contributed by atoms with Crippen molar-refractivity contribution in [1.29, 1.82) is 0 Å². The monoisotopic (exact) mass is 283 g/mol. The summed E-state index contributed by atoms with van der Waals surface area (Å²) in [4.78, 5) is 14.2. The molecular weight excluding hydrogens is 263 g/mol. The number of likely N-dealkylation sites (N-methyl/N-ethyl adjacent to an activating group) is 1. The number of carbonyl (C=O) groups is 1. The molecule has 1 aromatic rings. The van der Waals surface area contributed by atoms with Crippen molar-refractivity contribution in [3.8, 4) is 0 Å². The van der Waals surface area contributed by atoms with Crippen molar-refractivity contribution in [2.45, 2.75) is 24.0 Å². The highest BCUT2D eigenvalue weighted by Gasteiger charge is 2.39. The lowest BCUT2D eigenvalue weighted by Gasteiger charge is -2.23. The van der Waals surface area contributed by atoms with Gasteiger partial charge in [-0.1, -0.05) is 19.1 Å². The fourth-order valence-electron chi connectivity index (χ4n) is 2.24. The molecule has 19 heavy (non-hydrogen) atoms. The van der Waals surface area contributed by atoms with Crippen LogP contribution in [0.25, 0.3) is 0 Å². The number of amides is 1. The number of nitrogens with zero attached hydrogens (tertiary/aromatic N) is 1. The number of benzene rings is 1. The van der Waals surface area contributed by atoms with Crippen LogP contribution in [0, 0.1) is 5.82 Å². The van der Waals surface area contributed by atoms with Crippen LogP contribution < -0.4 is 5.32 Å². The van der Waals surface area contributed by atoms with Crippen LogP contribution in [0.15, 0.2) is 24.3 Å². The summed E-state index contributed by atoms with van der Waals surface area (Å²) in [6.45, 7) is 3.66. The Balaban J connectivity index is 2.20. The van der Waals surface area contributed by atoms with Crippen LogP contribution in [0.2, 0.25) is 0 Å². The lowest BCUT2D eigenvalue weighted by atomic mass is 10.2. The molecule has 1 amide bonds. The molecule has 5 heteroatoms. The predicted octanol–water partition coefficient (Wildman–Crippen LogP) is 1.37. The van der Waals surface area contributed by atoms with Crippen LogP contribution in [0.1, 0.15) is 24.3 Å². The highest BCUT2D eigenvalue weighted by molar-refractivity contribution is 8.01. The minimum Gasteiger partial charge on any atom is -0.347 e. The highest BCUT2D eigenvalue weighted by Crippen LogP contribution is 2.43. The summed E-state index contributed by atoms with van der Waals surface area (Å²) in [6.07, 6.45) is 0.841. The number of quaternary nitrogens is 1. The van der Waals surface area contributed by atoms with E-state index in [1.165, 1.54) is 12.1 Å². The molecule has 0 unspecified atom stereocenters. The Morgan fingerprint density at radius 2 is 2.05 bits per heavy atom. The van der Waals surface area contributed by atoms with Crippen LogP contribution in [0.5, 0.6) is 0 Å². The number of thioether (sulfide) groups is 1. The topological polar surface area (TPSA) is 36.9 Å². The average molecular weight is 283 g/mol.